The quantitative estimate of drug-likeness (QED) is 0.667. The zero-order valence-corrected chi connectivity index (χ0v) is 8.39. The van der Waals surface area contributed by atoms with E-state index in [4.69, 9.17) is 4.74 Å². The number of rotatable bonds is 1. The van der Waals surface area contributed by atoms with Gasteiger partial charge in [0.15, 0.2) is 11.6 Å². The standard InChI is InChI=1S/C10H14FNO/c1-7-5-12-6-8(11)9(7)13-10(2,3)4/h5-6H,1-4H3. The Morgan fingerprint density at radius 1 is 1.31 bits per heavy atom. The molecule has 1 aromatic heterocycles. The van der Waals surface area contributed by atoms with Crippen molar-refractivity contribution in [1.29, 1.82) is 0 Å². The SMILES string of the molecule is Cc1cncc(F)c1OC(C)(C)C. The summed E-state index contributed by atoms with van der Waals surface area (Å²) in [6, 6.07) is 0. The van der Waals surface area contributed by atoms with Crippen molar-refractivity contribution in [2.45, 2.75) is 33.3 Å². The molecule has 2 nitrogen and oxygen atoms in total. The molecular weight excluding hydrogens is 169 g/mol. The normalized spacial score (nSPS) is 11.5. The molecule has 0 aromatic carbocycles. The molecule has 0 radical (unpaired) electrons. The minimum atomic E-state index is -0.407. The number of ether oxygens (including phenoxy) is 1. The second-order valence-electron chi connectivity index (χ2n) is 3.98. The van der Waals surface area contributed by atoms with Crippen molar-refractivity contribution in [3.8, 4) is 5.75 Å². The van der Waals surface area contributed by atoms with Crippen molar-refractivity contribution < 1.29 is 9.13 Å². The van der Waals surface area contributed by atoms with E-state index in [1.165, 1.54) is 0 Å². The van der Waals surface area contributed by atoms with Crippen LogP contribution in [0.3, 0.4) is 0 Å². The molecule has 0 bridgehead atoms. The first kappa shape index (κ1) is 9.96. The van der Waals surface area contributed by atoms with E-state index in [0.29, 0.717) is 5.75 Å². The topological polar surface area (TPSA) is 22.1 Å². The summed E-state index contributed by atoms with van der Waals surface area (Å²) >= 11 is 0. The summed E-state index contributed by atoms with van der Waals surface area (Å²) in [6.45, 7) is 7.42. The monoisotopic (exact) mass is 183 g/mol. The van der Waals surface area contributed by atoms with E-state index >= 15 is 0 Å². The van der Waals surface area contributed by atoms with E-state index in [-0.39, 0.29) is 5.60 Å². The summed E-state index contributed by atoms with van der Waals surface area (Å²) in [6.07, 6.45) is 2.75. The van der Waals surface area contributed by atoms with Crippen molar-refractivity contribution in [2.24, 2.45) is 0 Å². The van der Waals surface area contributed by atoms with E-state index in [0.717, 1.165) is 11.8 Å². The molecule has 1 aromatic rings. The van der Waals surface area contributed by atoms with Gasteiger partial charge in [0, 0.05) is 11.8 Å². The van der Waals surface area contributed by atoms with Crippen LogP contribution in [0.2, 0.25) is 0 Å². The molecule has 0 atom stereocenters. The number of pyridine rings is 1. The Kier molecular flexibility index (Phi) is 2.55. The third kappa shape index (κ3) is 2.68. The van der Waals surface area contributed by atoms with Crippen LogP contribution in [-0.4, -0.2) is 10.6 Å². The molecule has 0 aliphatic heterocycles. The summed E-state index contributed by atoms with van der Waals surface area (Å²) in [5.41, 5.74) is 0.336. The molecule has 0 saturated heterocycles. The maximum Gasteiger partial charge on any atom is 0.183 e. The minimum Gasteiger partial charge on any atom is -0.485 e. The fourth-order valence-corrected chi connectivity index (χ4v) is 0.956. The predicted molar refractivity (Wildman–Crippen MR) is 49.3 cm³/mol. The molecule has 0 aliphatic rings. The predicted octanol–water partition coefficient (Wildman–Crippen LogP) is 2.71. The fourth-order valence-electron chi connectivity index (χ4n) is 0.956. The lowest BCUT2D eigenvalue weighted by molar-refractivity contribution is 0.123. The van der Waals surface area contributed by atoms with E-state index < -0.39 is 5.82 Å². The number of nitrogens with zero attached hydrogens (tertiary/aromatic N) is 1. The maximum absolute atomic E-state index is 13.2. The van der Waals surface area contributed by atoms with Crippen LogP contribution in [0.4, 0.5) is 4.39 Å². The van der Waals surface area contributed by atoms with E-state index in [1.54, 1.807) is 13.1 Å². The molecule has 0 amide bonds. The third-order valence-electron chi connectivity index (χ3n) is 1.44. The van der Waals surface area contributed by atoms with Gasteiger partial charge in [-0.25, -0.2) is 4.39 Å². The average molecular weight is 183 g/mol. The van der Waals surface area contributed by atoms with Gasteiger partial charge < -0.3 is 4.74 Å². The molecule has 0 unspecified atom stereocenters. The highest BCUT2D eigenvalue weighted by Crippen LogP contribution is 2.24. The van der Waals surface area contributed by atoms with Crippen molar-refractivity contribution in [2.75, 3.05) is 0 Å². The Morgan fingerprint density at radius 3 is 2.38 bits per heavy atom. The molecule has 3 heteroatoms. The van der Waals surface area contributed by atoms with Crippen molar-refractivity contribution >= 4 is 0 Å². The van der Waals surface area contributed by atoms with Gasteiger partial charge in [-0.05, 0) is 27.7 Å². The van der Waals surface area contributed by atoms with E-state index in [1.807, 2.05) is 20.8 Å². The molecule has 0 fully saturated rings. The second kappa shape index (κ2) is 3.32. The molecule has 13 heavy (non-hydrogen) atoms. The molecular formula is C10H14FNO. The summed E-state index contributed by atoms with van der Waals surface area (Å²) < 4.78 is 18.6. The zero-order valence-electron chi connectivity index (χ0n) is 8.39. The van der Waals surface area contributed by atoms with Crippen LogP contribution in [0.5, 0.6) is 5.75 Å². The van der Waals surface area contributed by atoms with Gasteiger partial charge in [0.2, 0.25) is 0 Å². The lowest BCUT2D eigenvalue weighted by atomic mass is 10.2. The highest BCUT2D eigenvalue weighted by atomic mass is 19.1. The smallest absolute Gasteiger partial charge is 0.183 e. The Labute approximate surface area is 77.8 Å². The number of aryl methyl sites for hydroxylation is 1. The van der Waals surface area contributed by atoms with E-state index in [2.05, 4.69) is 4.98 Å². The van der Waals surface area contributed by atoms with Crippen LogP contribution in [-0.2, 0) is 0 Å². The number of hydrogen-bond acceptors (Lipinski definition) is 2. The largest absolute Gasteiger partial charge is 0.485 e. The lowest BCUT2D eigenvalue weighted by Crippen LogP contribution is -2.24. The number of aromatic nitrogens is 1. The van der Waals surface area contributed by atoms with Crippen molar-refractivity contribution in [3.63, 3.8) is 0 Å². The highest BCUT2D eigenvalue weighted by molar-refractivity contribution is 5.30. The summed E-state index contributed by atoms with van der Waals surface area (Å²) in [5, 5.41) is 0. The Bertz CT molecular complexity index is 284. The molecule has 1 heterocycles. The maximum atomic E-state index is 13.2. The van der Waals surface area contributed by atoms with Gasteiger partial charge in [-0.2, -0.15) is 0 Å². The highest BCUT2D eigenvalue weighted by Gasteiger charge is 2.16. The molecule has 0 aliphatic carbocycles. The van der Waals surface area contributed by atoms with E-state index in [9.17, 15) is 4.39 Å². The summed E-state index contributed by atoms with van der Waals surface area (Å²) in [5.74, 6) is -0.113. The Hall–Kier alpha value is -1.12. The van der Waals surface area contributed by atoms with Crippen molar-refractivity contribution in [3.05, 3.63) is 23.8 Å². The van der Waals surface area contributed by atoms with Gasteiger partial charge in [0.05, 0.1) is 6.20 Å². The zero-order chi connectivity index (χ0) is 10.1. The van der Waals surface area contributed by atoms with Gasteiger partial charge in [-0.1, -0.05) is 0 Å². The van der Waals surface area contributed by atoms with Crippen LogP contribution in [0.25, 0.3) is 0 Å². The molecule has 0 spiro atoms. The Morgan fingerprint density at radius 2 is 1.92 bits per heavy atom. The van der Waals surface area contributed by atoms with Crippen LogP contribution < -0.4 is 4.74 Å². The molecule has 0 N–H and O–H groups in total. The van der Waals surface area contributed by atoms with Crippen LogP contribution in [0.15, 0.2) is 12.4 Å². The van der Waals surface area contributed by atoms with Gasteiger partial charge in [0.1, 0.15) is 5.60 Å². The molecule has 0 saturated carbocycles. The van der Waals surface area contributed by atoms with Crippen LogP contribution in [0.1, 0.15) is 26.3 Å². The summed E-state index contributed by atoms with van der Waals surface area (Å²) in [4.78, 5) is 3.72. The average Bonchev–Trinajstić information content (AvgIpc) is 1.95. The third-order valence-corrected chi connectivity index (χ3v) is 1.44. The first-order chi connectivity index (χ1) is 5.90. The van der Waals surface area contributed by atoms with Gasteiger partial charge >= 0.3 is 0 Å². The molecule has 1 rings (SSSR count). The van der Waals surface area contributed by atoms with Crippen molar-refractivity contribution in [1.82, 2.24) is 4.98 Å². The van der Waals surface area contributed by atoms with Gasteiger partial charge in [-0.15, -0.1) is 0 Å². The summed E-state index contributed by atoms with van der Waals surface area (Å²) in [7, 11) is 0. The second-order valence-corrected chi connectivity index (χ2v) is 3.98. The van der Waals surface area contributed by atoms with Gasteiger partial charge in [-0.3, -0.25) is 4.98 Å². The minimum absolute atomic E-state index is 0.294. The van der Waals surface area contributed by atoms with Gasteiger partial charge in [0.25, 0.3) is 0 Å². The van der Waals surface area contributed by atoms with Crippen LogP contribution >= 0.6 is 0 Å². The first-order valence-electron chi connectivity index (χ1n) is 4.19. The molecule has 72 valence electrons. The number of hydrogen-bond donors (Lipinski definition) is 0. The fraction of sp³-hybridized carbons (Fsp3) is 0.500. The lowest BCUT2D eigenvalue weighted by Gasteiger charge is -2.22. The number of halogens is 1. The first-order valence-corrected chi connectivity index (χ1v) is 4.19. The Balaban J connectivity index is 3.00. The van der Waals surface area contributed by atoms with Crippen LogP contribution in [0, 0.1) is 12.7 Å².